The first-order valence-electron chi connectivity index (χ1n) is 10.2. The van der Waals surface area contributed by atoms with Crippen molar-refractivity contribution < 1.29 is 22.7 Å². The monoisotopic (exact) mass is 457 g/mol. The molecule has 8 nitrogen and oxygen atoms in total. The fraction of sp³-hybridized carbons (Fsp3) is 0.304. The van der Waals surface area contributed by atoms with Crippen LogP contribution in [0.25, 0.3) is 0 Å². The average molecular weight is 458 g/mol. The van der Waals surface area contributed by atoms with Gasteiger partial charge in [0.25, 0.3) is 0 Å². The second-order valence-electron chi connectivity index (χ2n) is 7.69. The molecular formula is C23H27N3O5S. The maximum absolute atomic E-state index is 13.1. The van der Waals surface area contributed by atoms with Gasteiger partial charge in [-0.15, -0.1) is 0 Å². The zero-order valence-electron chi connectivity index (χ0n) is 18.1. The number of sulfonamides is 1. The minimum Gasteiger partial charge on any atom is -0.445 e. The molecule has 2 aromatic rings. The van der Waals surface area contributed by atoms with E-state index in [1.54, 1.807) is 18.7 Å². The lowest BCUT2D eigenvalue weighted by atomic mass is 10.1. The minimum absolute atomic E-state index is 0.119. The van der Waals surface area contributed by atoms with Gasteiger partial charge in [0, 0.05) is 30.9 Å². The van der Waals surface area contributed by atoms with Gasteiger partial charge < -0.3 is 15.0 Å². The highest BCUT2D eigenvalue weighted by Crippen LogP contribution is 2.25. The first kappa shape index (κ1) is 23.5. The second kappa shape index (κ2) is 9.97. The van der Waals surface area contributed by atoms with Crippen LogP contribution in [-0.2, 0) is 26.2 Å². The lowest BCUT2D eigenvalue weighted by Gasteiger charge is -2.42. The molecule has 0 unspecified atom stereocenters. The summed E-state index contributed by atoms with van der Waals surface area (Å²) in [6.07, 6.45) is 0.672. The van der Waals surface area contributed by atoms with Gasteiger partial charge in [-0.2, -0.15) is 4.31 Å². The summed E-state index contributed by atoms with van der Waals surface area (Å²) in [7, 11) is -3.76. The van der Waals surface area contributed by atoms with Crippen LogP contribution in [0, 0.1) is 0 Å². The molecular weight excluding hydrogens is 430 g/mol. The predicted molar refractivity (Wildman–Crippen MR) is 121 cm³/mol. The minimum atomic E-state index is -3.76. The van der Waals surface area contributed by atoms with Gasteiger partial charge in [-0.3, -0.25) is 4.79 Å². The van der Waals surface area contributed by atoms with Crippen LogP contribution in [0.4, 0.5) is 10.5 Å². The molecule has 1 aliphatic rings. The molecule has 0 radical (unpaired) electrons. The molecule has 1 heterocycles. The van der Waals surface area contributed by atoms with Crippen molar-refractivity contribution >= 4 is 27.7 Å². The molecule has 1 fully saturated rings. The number of carbonyl (C=O) groups excluding carboxylic acids is 2. The van der Waals surface area contributed by atoms with Gasteiger partial charge in [-0.1, -0.05) is 36.9 Å². The summed E-state index contributed by atoms with van der Waals surface area (Å²) in [6.45, 7) is 7.45. The standard InChI is InChI=1S/C23H27N3O5S/c1-4-22(27)24-20-10-12-21(13-11-20)32(29,30)25-14-17(2)26(18(3)15-25)23(28)31-16-19-8-6-5-7-9-19/h4-13,17-18H,1,14-16H2,2-3H3,(H,24,27)/t17-,18+. The smallest absolute Gasteiger partial charge is 0.410 e. The van der Waals surface area contributed by atoms with Crippen LogP contribution in [0.1, 0.15) is 19.4 Å². The number of amides is 2. The zero-order valence-corrected chi connectivity index (χ0v) is 18.9. The average Bonchev–Trinajstić information content (AvgIpc) is 2.78. The van der Waals surface area contributed by atoms with Crippen molar-refractivity contribution in [3.05, 3.63) is 72.8 Å². The number of rotatable bonds is 6. The molecule has 9 heteroatoms. The van der Waals surface area contributed by atoms with Crippen LogP contribution in [0.2, 0.25) is 0 Å². The van der Waals surface area contributed by atoms with Gasteiger partial charge in [-0.25, -0.2) is 13.2 Å². The van der Waals surface area contributed by atoms with E-state index in [0.717, 1.165) is 11.6 Å². The molecule has 0 aliphatic carbocycles. The normalized spacial score (nSPS) is 19.2. The molecule has 1 saturated heterocycles. The van der Waals surface area contributed by atoms with E-state index in [9.17, 15) is 18.0 Å². The van der Waals surface area contributed by atoms with E-state index in [2.05, 4.69) is 11.9 Å². The number of benzene rings is 2. The molecule has 0 bridgehead atoms. The first-order valence-corrected chi connectivity index (χ1v) is 11.7. The number of hydrogen-bond acceptors (Lipinski definition) is 5. The number of anilines is 1. The maximum Gasteiger partial charge on any atom is 0.410 e. The van der Waals surface area contributed by atoms with E-state index in [1.165, 1.54) is 28.6 Å². The number of ether oxygens (including phenoxy) is 1. The molecule has 0 aromatic heterocycles. The molecule has 0 saturated carbocycles. The Morgan fingerprint density at radius 2 is 1.66 bits per heavy atom. The van der Waals surface area contributed by atoms with Gasteiger partial charge in [0.05, 0.1) is 4.90 Å². The highest BCUT2D eigenvalue weighted by molar-refractivity contribution is 7.89. The Hall–Kier alpha value is -3.17. The Morgan fingerprint density at radius 1 is 1.06 bits per heavy atom. The van der Waals surface area contributed by atoms with Crippen molar-refractivity contribution in [1.29, 1.82) is 0 Å². The van der Waals surface area contributed by atoms with Crippen LogP contribution in [0.3, 0.4) is 0 Å². The van der Waals surface area contributed by atoms with E-state index in [4.69, 9.17) is 4.74 Å². The Labute approximate surface area is 188 Å². The van der Waals surface area contributed by atoms with Crippen molar-refractivity contribution in [2.45, 2.75) is 37.4 Å². The number of nitrogens with zero attached hydrogens (tertiary/aromatic N) is 2. The Bertz CT molecular complexity index is 1060. The summed E-state index contributed by atoms with van der Waals surface area (Å²) in [5.41, 5.74) is 1.36. The molecule has 1 N–H and O–H groups in total. The van der Waals surface area contributed by atoms with E-state index in [-0.39, 0.29) is 42.6 Å². The van der Waals surface area contributed by atoms with Crippen molar-refractivity contribution in [1.82, 2.24) is 9.21 Å². The zero-order chi connectivity index (χ0) is 23.3. The number of nitrogens with one attached hydrogen (secondary N) is 1. The summed E-state index contributed by atoms with van der Waals surface area (Å²) < 4.78 is 33.1. The molecule has 1 aliphatic heterocycles. The second-order valence-corrected chi connectivity index (χ2v) is 9.62. The van der Waals surface area contributed by atoms with E-state index in [1.807, 2.05) is 30.3 Å². The van der Waals surface area contributed by atoms with Gasteiger partial charge >= 0.3 is 6.09 Å². The van der Waals surface area contributed by atoms with Gasteiger partial charge in [-0.05, 0) is 49.8 Å². The predicted octanol–water partition coefficient (Wildman–Crippen LogP) is 3.23. The van der Waals surface area contributed by atoms with E-state index < -0.39 is 16.1 Å². The molecule has 170 valence electrons. The molecule has 3 rings (SSSR count). The van der Waals surface area contributed by atoms with Crippen LogP contribution in [-0.4, -0.2) is 54.8 Å². The van der Waals surface area contributed by atoms with Crippen molar-refractivity contribution in [2.24, 2.45) is 0 Å². The van der Waals surface area contributed by atoms with Crippen molar-refractivity contribution in [2.75, 3.05) is 18.4 Å². The summed E-state index contributed by atoms with van der Waals surface area (Å²) in [5.74, 6) is -0.376. The number of piperazine rings is 1. The summed E-state index contributed by atoms with van der Waals surface area (Å²) in [4.78, 5) is 25.8. The molecule has 0 spiro atoms. The summed E-state index contributed by atoms with van der Waals surface area (Å²) in [5, 5.41) is 2.58. The van der Waals surface area contributed by atoms with E-state index in [0.29, 0.717) is 5.69 Å². The fourth-order valence-electron chi connectivity index (χ4n) is 3.68. The Balaban J connectivity index is 1.66. The third kappa shape index (κ3) is 5.35. The van der Waals surface area contributed by atoms with Gasteiger partial charge in [0.15, 0.2) is 0 Å². The number of carbonyl (C=O) groups is 2. The van der Waals surface area contributed by atoms with E-state index >= 15 is 0 Å². The highest BCUT2D eigenvalue weighted by atomic mass is 32.2. The van der Waals surface area contributed by atoms with Crippen LogP contribution < -0.4 is 5.32 Å². The molecule has 2 aromatic carbocycles. The largest absolute Gasteiger partial charge is 0.445 e. The topological polar surface area (TPSA) is 96.0 Å². The van der Waals surface area contributed by atoms with Crippen LogP contribution in [0.15, 0.2) is 72.1 Å². The van der Waals surface area contributed by atoms with Crippen LogP contribution >= 0.6 is 0 Å². The third-order valence-electron chi connectivity index (χ3n) is 5.25. The molecule has 32 heavy (non-hydrogen) atoms. The SMILES string of the molecule is C=CC(=O)Nc1ccc(S(=O)(=O)N2C[C@@H](C)N(C(=O)OCc3ccccc3)[C@@H](C)C2)cc1. The number of hydrogen-bond donors (Lipinski definition) is 1. The summed E-state index contributed by atoms with van der Waals surface area (Å²) >= 11 is 0. The lowest BCUT2D eigenvalue weighted by molar-refractivity contribution is -0.111. The maximum atomic E-state index is 13.1. The summed E-state index contributed by atoms with van der Waals surface area (Å²) in [6, 6.07) is 14.6. The molecule has 2 amide bonds. The Kier molecular flexibility index (Phi) is 7.32. The molecule has 2 atom stereocenters. The Morgan fingerprint density at radius 3 is 2.22 bits per heavy atom. The van der Waals surface area contributed by atoms with Gasteiger partial charge in [0.2, 0.25) is 15.9 Å². The van der Waals surface area contributed by atoms with Crippen LogP contribution in [0.5, 0.6) is 0 Å². The fourth-order valence-corrected chi connectivity index (χ4v) is 5.28. The first-order chi connectivity index (χ1) is 15.2. The highest BCUT2D eigenvalue weighted by Gasteiger charge is 2.39. The quantitative estimate of drug-likeness (QED) is 0.672. The lowest BCUT2D eigenvalue weighted by Crippen LogP contribution is -2.59. The third-order valence-corrected chi connectivity index (χ3v) is 7.09. The van der Waals surface area contributed by atoms with Crippen molar-refractivity contribution in [3.63, 3.8) is 0 Å². The van der Waals surface area contributed by atoms with Crippen molar-refractivity contribution in [3.8, 4) is 0 Å². The van der Waals surface area contributed by atoms with Gasteiger partial charge in [0.1, 0.15) is 6.61 Å².